The van der Waals surface area contributed by atoms with Crippen LogP contribution >= 0.6 is 0 Å². The molecular formula is C22H29N3O2. The molecule has 1 heterocycles. The molecule has 2 aromatic carbocycles. The van der Waals surface area contributed by atoms with Crippen LogP contribution in [0.15, 0.2) is 54.6 Å². The number of carbonyl (C=O) groups excluding carboxylic acids is 1. The number of nitrogens with zero attached hydrogens (tertiary/aromatic N) is 2. The number of benzene rings is 2. The fourth-order valence-electron chi connectivity index (χ4n) is 3.44. The topological polar surface area (TPSA) is 44.8 Å². The smallest absolute Gasteiger partial charge is 0.317 e. The molecule has 5 nitrogen and oxygen atoms in total. The van der Waals surface area contributed by atoms with Gasteiger partial charge in [0.1, 0.15) is 5.75 Å². The number of piperidine rings is 1. The van der Waals surface area contributed by atoms with E-state index >= 15 is 0 Å². The van der Waals surface area contributed by atoms with Crippen LogP contribution in [0.4, 0.5) is 4.79 Å². The van der Waals surface area contributed by atoms with E-state index in [0.717, 1.165) is 43.8 Å². The SMILES string of the molecule is COc1ccc(CN(C)C(=O)NC2CCN(Cc3ccccc3)CC2)cc1. The van der Waals surface area contributed by atoms with Crippen molar-refractivity contribution in [3.63, 3.8) is 0 Å². The average molecular weight is 367 g/mol. The highest BCUT2D eigenvalue weighted by Crippen LogP contribution is 2.15. The van der Waals surface area contributed by atoms with Gasteiger partial charge in [-0.2, -0.15) is 0 Å². The summed E-state index contributed by atoms with van der Waals surface area (Å²) in [7, 11) is 3.49. The fraction of sp³-hybridized carbons (Fsp3) is 0.409. The predicted molar refractivity (Wildman–Crippen MR) is 108 cm³/mol. The third kappa shape index (κ3) is 5.73. The molecule has 0 radical (unpaired) electrons. The Balaban J connectivity index is 1.41. The monoisotopic (exact) mass is 367 g/mol. The van der Waals surface area contributed by atoms with Crippen LogP contribution in [-0.2, 0) is 13.1 Å². The Morgan fingerprint density at radius 2 is 1.74 bits per heavy atom. The van der Waals surface area contributed by atoms with Crippen molar-refractivity contribution in [1.82, 2.24) is 15.1 Å². The first-order valence-corrected chi connectivity index (χ1v) is 9.55. The highest BCUT2D eigenvalue weighted by atomic mass is 16.5. The van der Waals surface area contributed by atoms with Crippen molar-refractivity contribution < 1.29 is 9.53 Å². The Bertz CT molecular complexity index is 710. The van der Waals surface area contributed by atoms with E-state index in [9.17, 15) is 4.79 Å². The van der Waals surface area contributed by atoms with E-state index < -0.39 is 0 Å². The lowest BCUT2D eigenvalue weighted by atomic mass is 10.0. The van der Waals surface area contributed by atoms with Gasteiger partial charge in [0.05, 0.1) is 7.11 Å². The van der Waals surface area contributed by atoms with E-state index in [-0.39, 0.29) is 12.1 Å². The summed E-state index contributed by atoms with van der Waals surface area (Å²) in [6.45, 7) is 3.60. The maximum Gasteiger partial charge on any atom is 0.317 e. The zero-order chi connectivity index (χ0) is 19.1. The molecule has 2 amide bonds. The van der Waals surface area contributed by atoms with E-state index in [4.69, 9.17) is 4.74 Å². The molecule has 0 unspecified atom stereocenters. The third-order valence-corrected chi connectivity index (χ3v) is 5.09. The molecular weight excluding hydrogens is 338 g/mol. The lowest BCUT2D eigenvalue weighted by molar-refractivity contribution is 0.173. The number of hydrogen-bond donors (Lipinski definition) is 1. The quantitative estimate of drug-likeness (QED) is 0.850. The van der Waals surface area contributed by atoms with Crippen molar-refractivity contribution in [2.45, 2.75) is 32.0 Å². The Kier molecular flexibility index (Phi) is 6.71. The molecule has 1 N–H and O–H groups in total. The molecule has 1 aliphatic rings. The molecule has 27 heavy (non-hydrogen) atoms. The molecule has 0 aromatic heterocycles. The number of methoxy groups -OCH3 is 1. The second-order valence-corrected chi connectivity index (χ2v) is 7.19. The number of nitrogens with one attached hydrogen (secondary N) is 1. The lowest BCUT2D eigenvalue weighted by Gasteiger charge is -2.33. The molecule has 0 atom stereocenters. The minimum Gasteiger partial charge on any atom is -0.497 e. The van der Waals surface area contributed by atoms with Gasteiger partial charge in [0.25, 0.3) is 0 Å². The van der Waals surface area contributed by atoms with Crippen LogP contribution in [0.2, 0.25) is 0 Å². The summed E-state index contributed by atoms with van der Waals surface area (Å²) in [5.41, 5.74) is 2.44. The van der Waals surface area contributed by atoms with Crippen LogP contribution in [0.1, 0.15) is 24.0 Å². The van der Waals surface area contributed by atoms with Gasteiger partial charge in [-0.15, -0.1) is 0 Å². The molecule has 5 heteroatoms. The minimum atomic E-state index is -0.00710. The van der Waals surface area contributed by atoms with Crippen molar-refractivity contribution in [3.05, 3.63) is 65.7 Å². The zero-order valence-corrected chi connectivity index (χ0v) is 16.2. The van der Waals surface area contributed by atoms with E-state index in [0.29, 0.717) is 6.54 Å². The summed E-state index contributed by atoms with van der Waals surface area (Å²) in [5, 5.41) is 3.18. The predicted octanol–water partition coefficient (Wildman–Crippen LogP) is 3.50. The summed E-state index contributed by atoms with van der Waals surface area (Å²) in [6.07, 6.45) is 1.99. The first kappa shape index (κ1) is 19.2. The van der Waals surface area contributed by atoms with Gasteiger partial charge in [0.15, 0.2) is 0 Å². The number of carbonyl (C=O) groups is 1. The molecule has 3 rings (SSSR count). The second kappa shape index (κ2) is 9.42. The largest absolute Gasteiger partial charge is 0.497 e. The van der Waals surface area contributed by atoms with Crippen LogP contribution in [0.3, 0.4) is 0 Å². The number of ether oxygens (including phenoxy) is 1. The van der Waals surface area contributed by atoms with Crippen molar-refractivity contribution in [2.75, 3.05) is 27.2 Å². The van der Waals surface area contributed by atoms with Gasteiger partial charge in [0, 0.05) is 39.3 Å². The molecule has 0 spiro atoms. The number of hydrogen-bond acceptors (Lipinski definition) is 3. The Labute approximate surface area is 161 Å². The molecule has 1 aliphatic heterocycles. The molecule has 1 fully saturated rings. The second-order valence-electron chi connectivity index (χ2n) is 7.19. The van der Waals surface area contributed by atoms with E-state index in [1.807, 2.05) is 37.4 Å². The van der Waals surface area contributed by atoms with Crippen LogP contribution in [0, 0.1) is 0 Å². The highest BCUT2D eigenvalue weighted by Gasteiger charge is 2.22. The maximum absolute atomic E-state index is 12.5. The first-order valence-electron chi connectivity index (χ1n) is 9.55. The van der Waals surface area contributed by atoms with E-state index in [1.165, 1.54) is 5.56 Å². The van der Waals surface area contributed by atoms with Crippen molar-refractivity contribution in [2.24, 2.45) is 0 Å². The van der Waals surface area contributed by atoms with Gasteiger partial charge in [0.2, 0.25) is 0 Å². The molecule has 2 aromatic rings. The van der Waals surface area contributed by atoms with Gasteiger partial charge in [-0.1, -0.05) is 42.5 Å². The van der Waals surface area contributed by atoms with Crippen LogP contribution in [0.5, 0.6) is 5.75 Å². The summed E-state index contributed by atoms with van der Waals surface area (Å²) in [4.78, 5) is 16.7. The molecule has 144 valence electrons. The average Bonchev–Trinajstić information content (AvgIpc) is 2.71. The van der Waals surface area contributed by atoms with Crippen molar-refractivity contribution >= 4 is 6.03 Å². The molecule has 1 saturated heterocycles. The number of amides is 2. The van der Waals surface area contributed by atoms with Crippen LogP contribution in [0.25, 0.3) is 0 Å². The van der Waals surface area contributed by atoms with Crippen LogP contribution in [-0.4, -0.2) is 49.1 Å². The van der Waals surface area contributed by atoms with Gasteiger partial charge in [-0.25, -0.2) is 4.79 Å². The minimum absolute atomic E-state index is 0.00710. The third-order valence-electron chi connectivity index (χ3n) is 5.09. The zero-order valence-electron chi connectivity index (χ0n) is 16.2. The van der Waals surface area contributed by atoms with Gasteiger partial charge < -0.3 is 15.0 Å². The van der Waals surface area contributed by atoms with Gasteiger partial charge in [-0.05, 0) is 36.1 Å². The Hall–Kier alpha value is -2.53. The summed E-state index contributed by atoms with van der Waals surface area (Å²) in [5.74, 6) is 0.827. The number of rotatable bonds is 6. The van der Waals surface area contributed by atoms with E-state index in [2.05, 4.69) is 34.5 Å². The normalized spacial score (nSPS) is 15.3. The molecule has 0 bridgehead atoms. The Morgan fingerprint density at radius 1 is 1.07 bits per heavy atom. The fourth-order valence-corrected chi connectivity index (χ4v) is 3.44. The van der Waals surface area contributed by atoms with Gasteiger partial charge >= 0.3 is 6.03 Å². The first-order chi connectivity index (χ1) is 13.1. The molecule has 0 saturated carbocycles. The molecule has 0 aliphatic carbocycles. The number of likely N-dealkylation sites (tertiary alicyclic amines) is 1. The van der Waals surface area contributed by atoms with Gasteiger partial charge in [-0.3, -0.25) is 4.90 Å². The van der Waals surface area contributed by atoms with Crippen LogP contribution < -0.4 is 10.1 Å². The summed E-state index contributed by atoms with van der Waals surface area (Å²) < 4.78 is 5.17. The number of urea groups is 1. The summed E-state index contributed by atoms with van der Waals surface area (Å²) in [6, 6.07) is 18.6. The van der Waals surface area contributed by atoms with Crippen molar-refractivity contribution in [1.29, 1.82) is 0 Å². The lowest BCUT2D eigenvalue weighted by Crippen LogP contribution is -2.48. The Morgan fingerprint density at radius 3 is 2.37 bits per heavy atom. The highest BCUT2D eigenvalue weighted by molar-refractivity contribution is 5.74. The standard InChI is InChI=1S/C22H29N3O2/c1-24(16-19-8-10-21(27-2)11-9-19)22(26)23-20-12-14-25(15-13-20)17-18-6-4-3-5-7-18/h3-11,20H,12-17H2,1-2H3,(H,23,26). The maximum atomic E-state index is 12.5. The van der Waals surface area contributed by atoms with E-state index in [1.54, 1.807) is 12.0 Å². The summed E-state index contributed by atoms with van der Waals surface area (Å²) >= 11 is 0. The van der Waals surface area contributed by atoms with Crippen molar-refractivity contribution in [3.8, 4) is 5.75 Å².